The minimum Gasteiger partial charge on any atom is -0.384 e. The van der Waals surface area contributed by atoms with Crippen LogP contribution >= 0.6 is 0 Å². The van der Waals surface area contributed by atoms with Crippen molar-refractivity contribution in [3.05, 3.63) is 191 Å². The van der Waals surface area contributed by atoms with Gasteiger partial charge in [0.25, 0.3) is 0 Å². The molecule has 5 heteroatoms. The van der Waals surface area contributed by atoms with Crippen LogP contribution in [-0.4, -0.2) is 22.7 Å². The monoisotopic (exact) mass is 675 g/mol. The van der Waals surface area contributed by atoms with Crippen molar-refractivity contribution in [3.8, 4) is 33.4 Å². The van der Waals surface area contributed by atoms with Crippen LogP contribution in [0.5, 0.6) is 0 Å². The summed E-state index contributed by atoms with van der Waals surface area (Å²) in [7, 11) is 0. The van der Waals surface area contributed by atoms with Crippen molar-refractivity contribution in [1.82, 2.24) is 15.6 Å². The number of nitrogens with zero attached hydrogens (tertiary/aromatic N) is 3. The number of aryl methyl sites for hydroxylation is 3. The number of aromatic nitrogens is 1. The molecule has 52 heavy (non-hydrogen) atoms. The number of amidine groups is 2. The molecule has 0 aliphatic carbocycles. The Bertz CT molecular complexity index is 2380. The molecule has 0 fully saturated rings. The molecule has 254 valence electrons. The number of nitrogens with one attached hydrogen (secondary N) is 2. The van der Waals surface area contributed by atoms with E-state index < -0.39 is 0 Å². The molecule has 2 aliphatic rings. The summed E-state index contributed by atoms with van der Waals surface area (Å²) in [6.07, 6.45) is 8.12. The number of dihydropyridines is 1. The van der Waals surface area contributed by atoms with E-state index in [1.807, 2.05) is 13.1 Å². The maximum atomic E-state index is 5.26. The van der Waals surface area contributed by atoms with Gasteiger partial charge in [-0.3, -0.25) is 4.98 Å². The Morgan fingerprint density at radius 2 is 1.17 bits per heavy atom. The Kier molecular flexibility index (Phi) is 8.92. The first-order valence-electron chi connectivity index (χ1n) is 17.9. The van der Waals surface area contributed by atoms with Gasteiger partial charge in [0.05, 0.1) is 0 Å². The highest BCUT2D eigenvalue weighted by atomic mass is 15.2. The number of allylic oxidation sites excluding steroid dienone is 2. The fraction of sp³-hybridized carbons (Fsp3) is 0.128. The number of aliphatic imine (C=N–C) groups is 2. The van der Waals surface area contributed by atoms with E-state index >= 15 is 0 Å². The average molecular weight is 676 g/mol. The van der Waals surface area contributed by atoms with Crippen LogP contribution in [0, 0.1) is 20.8 Å². The number of hydrogen-bond donors (Lipinski definition) is 2. The zero-order chi connectivity index (χ0) is 35.6. The van der Waals surface area contributed by atoms with Crippen LogP contribution in [0.15, 0.2) is 162 Å². The van der Waals surface area contributed by atoms with E-state index in [0.717, 1.165) is 61.6 Å². The topological polar surface area (TPSA) is 61.7 Å². The number of benzene rings is 5. The highest BCUT2D eigenvalue weighted by molar-refractivity contribution is 6.13. The van der Waals surface area contributed by atoms with Crippen molar-refractivity contribution in [2.45, 2.75) is 39.9 Å². The minimum absolute atomic E-state index is 0.287. The SMILES string of the molecule is Cc1cccc(C2=NC(c3cc(-c4ccc(C5=CNC(C)C=C5)cc4)cc(-c4ccc(-c5ccc(C)nc5)cc4)c3)=NC(c3cccc(C)c3)N2)c1. The molecule has 1 aromatic heterocycles. The first kappa shape index (κ1) is 32.9. The molecule has 2 atom stereocenters. The Labute approximate surface area is 306 Å². The van der Waals surface area contributed by atoms with Gasteiger partial charge >= 0.3 is 0 Å². The summed E-state index contributed by atoms with van der Waals surface area (Å²) < 4.78 is 0. The quantitative estimate of drug-likeness (QED) is 0.177. The zero-order valence-corrected chi connectivity index (χ0v) is 29.9. The third kappa shape index (κ3) is 7.12. The smallest absolute Gasteiger partial charge is 0.159 e. The first-order valence-corrected chi connectivity index (χ1v) is 17.9. The molecule has 5 nitrogen and oxygen atoms in total. The van der Waals surface area contributed by atoms with Gasteiger partial charge in [-0.1, -0.05) is 120 Å². The van der Waals surface area contributed by atoms with Crippen molar-refractivity contribution in [2.24, 2.45) is 9.98 Å². The second-order valence-electron chi connectivity index (χ2n) is 13.8. The Morgan fingerprint density at radius 3 is 1.79 bits per heavy atom. The normalized spacial score (nSPS) is 16.7. The van der Waals surface area contributed by atoms with Crippen LogP contribution in [0.2, 0.25) is 0 Å². The standard InChI is InChI=1S/C47H41N5/c1-30-7-5-9-38(23-30)45-50-46(39-10-6-8-31(2)24-39)52-47(51-45)44-26-42(36-19-15-34(16-20-36)40-13-11-32(3)48-28-40)25-43(27-44)37-21-17-35(18-22-37)41-14-12-33(4)49-29-41/h5-29,32,45,48H,1-4H3,(H,50,51,52). The molecule has 0 saturated heterocycles. The molecular formula is C47H41N5. The summed E-state index contributed by atoms with van der Waals surface area (Å²) in [6, 6.07) is 45.8. The van der Waals surface area contributed by atoms with Gasteiger partial charge in [0.15, 0.2) is 5.84 Å². The van der Waals surface area contributed by atoms with Crippen molar-refractivity contribution in [3.63, 3.8) is 0 Å². The molecule has 5 aromatic carbocycles. The van der Waals surface area contributed by atoms with Crippen molar-refractivity contribution in [2.75, 3.05) is 0 Å². The fourth-order valence-corrected chi connectivity index (χ4v) is 6.72. The van der Waals surface area contributed by atoms with Gasteiger partial charge in [-0.15, -0.1) is 0 Å². The maximum Gasteiger partial charge on any atom is 0.159 e. The lowest BCUT2D eigenvalue weighted by Gasteiger charge is -2.24. The van der Waals surface area contributed by atoms with Crippen LogP contribution < -0.4 is 10.6 Å². The summed E-state index contributed by atoms with van der Waals surface area (Å²) >= 11 is 0. The van der Waals surface area contributed by atoms with Gasteiger partial charge in [0.2, 0.25) is 0 Å². The first-order chi connectivity index (χ1) is 25.3. The Morgan fingerprint density at radius 1 is 0.558 bits per heavy atom. The summed E-state index contributed by atoms with van der Waals surface area (Å²) in [5, 5.41) is 7.06. The third-order valence-corrected chi connectivity index (χ3v) is 9.66. The Hall–Kier alpha value is -6.33. The molecule has 2 unspecified atom stereocenters. The highest BCUT2D eigenvalue weighted by Crippen LogP contribution is 2.33. The van der Waals surface area contributed by atoms with Crippen molar-refractivity contribution >= 4 is 17.2 Å². The number of hydrogen-bond acceptors (Lipinski definition) is 5. The fourth-order valence-electron chi connectivity index (χ4n) is 6.72. The molecule has 6 aromatic rings. The number of rotatable bonds is 7. The molecule has 0 amide bonds. The van der Waals surface area contributed by atoms with E-state index in [0.29, 0.717) is 11.9 Å². The molecular weight excluding hydrogens is 635 g/mol. The molecule has 2 N–H and O–H groups in total. The lowest BCUT2D eigenvalue weighted by Crippen LogP contribution is -2.33. The predicted octanol–water partition coefficient (Wildman–Crippen LogP) is 10.4. The molecule has 2 aliphatic heterocycles. The minimum atomic E-state index is -0.287. The van der Waals surface area contributed by atoms with Gasteiger partial charge in [-0.25, -0.2) is 9.98 Å². The number of pyridine rings is 1. The second-order valence-corrected chi connectivity index (χ2v) is 13.8. The third-order valence-electron chi connectivity index (χ3n) is 9.66. The molecule has 0 bridgehead atoms. The molecule has 3 heterocycles. The lowest BCUT2D eigenvalue weighted by molar-refractivity contribution is 0.673. The average Bonchev–Trinajstić information content (AvgIpc) is 3.18. The van der Waals surface area contributed by atoms with Crippen molar-refractivity contribution < 1.29 is 0 Å². The predicted molar refractivity (Wildman–Crippen MR) is 216 cm³/mol. The van der Waals surface area contributed by atoms with Gasteiger partial charge in [-0.05, 0) is 103 Å². The van der Waals surface area contributed by atoms with Gasteiger partial charge in [0.1, 0.15) is 12.0 Å². The van der Waals surface area contributed by atoms with Crippen LogP contribution in [0.1, 0.15) is 52.2 Å². The molecule has 0 saturated carbocycles. The van der Waals surface area contributed by atoms with E-state index in [2.05, 4.69) is 182 Å². The highest BCUT2D eigenvalue weighted by Gasteiger charge is 2.22. The summed E-state index contributed by atoms with van der Waals surface area (Å²) in [5.74, 6) is 1.51. The van der Waals surface area contributed by atoms with Gasteiger partial charge in [0, 0.05) is 40.8 Å². The Balaban J connectivity index is 1.24. The van der Waals surface area contributed by atoms with Crippen LogP contribution in [0.3, 0.4) is 0 Å². The van der Waals surface area contributed by atoms with Gasteiger partial charge in [-0.2, -0.15) is 0 Å². The van der Waals surface area contributed by atoms with E-state index in [9.17, 15) is 0 Å². The molecule has 8 rings (SSSR count). The zero-order valence-electron chi connectivity index (χ0n) is 29.9. The summed E-state index contributed by atoms with van der Waals surface area (Å²) in [5.41, 5.74) is 15.5. The summed E-state index contributed by atoms with van der Waals surface area (Å²) in [6.45, 7) is 8.39. The van der Waals surface area contributed by atoms with E-state index in [4.69, 9.17) is 9.98 Å². The summed E-state index contributed by atoms with van der Waals surface area (Å²) in [4.78, 5) is 15.0. The lowest BCUT2D eigenvalue weighted by atomic mass is 9.93. The maximum absolute atomic E-state index is 5.26. The van der Waals surface area contributed by atoms with Crippen LogP contribution in [-0.2, 0) is 0 Å². The van der Waals surface area contributed by atoms with Crippen molar-refractivity contribution in [1.29, 1.82) is 0 Å². The van der Waals surface area contributed by atoms with Crippen LogP contribution in [0.4, 0.5) is 0 Å². The van der Waals surface area contributed by atoms with E-state index in [1.54, 1.807) is 0 Å². The second kappa shape index (κ2) is 14.1. The van der Waals surface area contributed by atoms with Crippen LogP contribution in [0.25, 0.3) is 39.0 Å². The van der Waals surface area contributed by atoms with E-state index in [-0.39, 0.29) is 6.17 Å². The molecule has 0 radical (unpaired) electrons. The largest absolute Gasteiger partial charge is 0.384 e. The molecule has 0 spiro atoms. The van der Waals surface area contributed by atoms with E-state index in [1.165, 1.54) is 22.3 Å². The van der Waals surface area contributed by atoms with Gasteiger partial charge < -0.3 is 10.6 Å².